The van der Waals surface area contributed by atoms with E-state index in [1.165, 1.54) is 6.20 Å². The number of nitrogens with one attached hydrogen (secondary N) is 2. The number of hydrogen-bond donors (Lipinski definition) is 3. The van der Waals surface area contributed by atoms with E-state index in [9.17, 15) is 4.79 Å². The van der Waals surface area contributed by atoms with Gasteiger partial charge in [0.1, 0.15) is 5.82 Å². The molecule has 3 N–H and O–H groups in total. The van der Waals surface area contributed by atoms with Crippen molar-refractivity contribution >= 4 is 11.7 Å². The lowest BCUT2D eigenvalue weighted by molar-refractivity contribution is 0.0958. The number of anilines is 1. The van der Waals surface area contributed by atoms with Gasteiger partial charge in [0.25, 0.3) is 5.91 Å². The van der Waals surface area contributed by atoms with Crippen LogP contribution < -0.4 is 10.6 Å². The number of carbonyl (C=O) groups is 1. The highest BCUT2D eigenvalue weighted by molar-refractivity contribution is 5.94. The summed E-state index contributed by atoms with van der Waals surface area (Å²) in [7, 11) is 0. The molecule has 1 aromatic rings. The van der Waals surface area contributed by atoms with Crippen molar-refractivity contribution in [3.8, 4) is 12.3 Å². The number of hydrogen-bond acceptors (Lipinski definition) is 4. The van der Waals surface area contributed by atoms with Gasteiger partial charge in [0.05, 0.1) is 18.7 Å². The molecule has 0 aromatic carbocycles. The van der Waals surface area contributed by atoms with E-state index < -0.39 is 0 Å². The van der Waals surface area contributed by atoms with Gasteiger partial charge >= 0.3 is 0 Å². The number of aliphatic hydroxyl groups is 1. The number of aromatic nitrogens is 1. The molecule has 0 bridgehead atoms. The van der Waals surface area contributed by atoms with E-state index in [4.69, 9.17) is 11.5 Å². The summed E-state index contributed by atoms with van der Waals surface area (Å²) in [6.07, 6.45) is 6.47. The Morgan fingerprint density at radius 2 is 2.38 bits per heavy atom. The van der Waals surface area contributed by atoms with Crippen LogP contribution in [0.3, 0.4) is 0 Å². The fourth-order valence-corrected chi connectivity index (χ4v) is 1.05. The van der Waals surface area contributed by atoms with Crippen molar-refractivity contribution < 1.29 is 9.90 Å². The van der Waals surface area contributed by atoms with Crippen LogP contribution in [0.15, 0.2) is 18.3 Å². The fourth-order valence-electron chi connectivity index (χ4n) is 1.05. The van der Waals surface area contributed by atoms with Gasteiger partial charge < -0.3 is 15.7 Å². The van der Waals surface area contributed by atoms with Crippen molar-refractivity contribution in [3.63, 3.8) is 0 Å². The smallest absolute Gasteiger partial charge is 0.253 e. The van der Waals surface area contributed by atoms with Crippen molar-refractivity contribution in [2.45, 2.75) is 0 Å². The third kappa shape index (κ3) is 3.59. The number of aliphatic hydroxyl groups excluding tert-OH is 1. The van der Waals surface area contributed by atoms with Gasteiger partial charge in [0, 0.05) is 12.7 Å². The van der Waals surface area contributed by atoms with Crippen molar-refractivity contribution in [1.29, 1.82) is 0 Å². The molecule has 5 heteroatoms. The molecule has 0 unspecified atom stereocenters. The summed E-state index contributed by atoms with van der Waals surface area (Å²) in [4.78, 5) is 15.4. The molecule has 0 aliphatic heterocycles. The Hall–Kier alpha value is -2.06. The summed E-state index contributed by atoms with van der Waals surface area (Å²) in [6.45, 7) is 0.658. The van der Waals surface area contributed by atoms with E-state index >= 15 is 0 Å². The molecule has 1 amide bonds. The zero-order chi connectivity index (χ0) is 11.8. The second-order valence-electron chi connectivity index (χ2n) is 2.97. The van der Waals surface area contributed by atoms with Crippen molar-refractivity contribution in [3.05, 3.63) is 23.9 Å². The van der Waals surface area contributed by atoms with E-state index in [1.54, 1.807) is 12.1 Å². The van der Waals surface area contributed by atoms with E-state index in [1.807, 2.05) is 0 Å². The largest absolute Gasteiger partial charge is 0.395 e. The molecule has 5 nitrogen and oxygen atoms in total. The minimum atomic E-state index is -0.251. The van der Waals surface area contributed by atoms with Crippen LogP contribution in [0.25, 0.3) is 0 Å². The number of carbonyl (C=O) groups excluding carboxylic acids is 1. The monoisotopic (exact) mass is 219 g/mol. The highest BCUT2D eigenvalue weighted by Gasteiger charge is 2.04. The highest BCUT2D eigenvalue weighted by atomic mass is 16.3. The Morgan fingerprint density at radius 3 is 2.94 bits per heavy atom. The van der Waals surface area contributed by atoms with Crippen LogP contribution in [-0.4, -0.2) is 35.7 Å². The zero-order valence-electron chi connectivity index (χ0n) is 8.73. The van der Waals surface area contributed by atoms with Crippen LogP contribution in [0.5, 0.6) is 0 Å². The summed E-state index contributed by atoms with van der Waals surface area (Å²) in [5, 5.41) is 14.0. The van der Waals surface area contributed by atoms with Crippen LogP contribution in [0.1, 0.15) is 10.4 Å². The van der Waals surface area contributed by atoms with E-state index in [0.717, 1.165) is 0 Å². The average molecular weight is 219 g/mol. The summed E-state index contributed by atoms with van der Waals surface area (Å²) < 4.78 is 0. The van der Waals surface area contributed by atoms with Gasteiger partial charge in [0.2, 0.25) is 0 Å². The first-order valence-electron chi connectivity index (χ1n) is 4.80. The summed E-state index contributed by atoms with van der Waals surface area (Å²) in [5.74, 6) is 2.68. The normalized spacial score (nSPS) is 9.25. The van der Waals surface area contributed by atoms with Crippen LogP contribution in [0.2, 0.25) is 0 Å². The van der Waals surface area contributed by atoms with Gasteiger partial charge in [-0.25, -0.2) is 4.98 Å². The first-order chi connectivity index (χ1) is 7.77. The van der Waals surface area contributed by atoms with Crippen molar-refractivity contribution in [2.24, 2.45) is 0 Å². The Kier molecular flexibility index (Phi) is 4.83. The maximum Gasteiger partial charge on any atom is 0.253 e. The van der Waals surface area contributed by atoms with Crippen molar-refractivity contribution in [2.75, 3.05) is 25.0 Å². The molecular weight excluding hydrogens is 206 g/mol. The summed E-state index contributed by atoms with van der Waals surface area (Å²) >= 11 is 0. The second kappa shape index (κ2) is 6.43. The summed E-state index contributed by atoms with van der Waals surface area (Å²) in [6, 6.07) is 3.30. The lowest BCUT2D eigenvalue weighted by Crippen LogP contribution is -2.23. The van der Waals surface area contributed by atoms with Gasteiger partial charge in [0.15, 0.2) is 0 Å². The number of nitrogens with zero attached hydrogens (tertiary/aromatic N) is 1. The first kappa shape index (κ1) is 12.0. The third-order valence-electron chi connectivity index (χ3n) is 1.79. The SMILES string of the molecule is C#CCNC(=O)c1ccc(NCCO)nc1. The van der Waals surface area contributed by atoms with E-state index in [-0.39, 0.29) is 19.1 Å². The molecule has 16 heavy (non-hydrogen) atoms. The Bertz CT molecular complexity index is 381. The summed E-state index contributed by atoms with van der Waals surface area (Å²) in [5.41, 5.74) is 0.449. The first-order valence-corrected chi connectivity index (χ1v) is 4.80. The van der Waals surface area contributed by atoms with Crippen LogP contribution in [-0.2, 0) is 0 Å². The molecule has 0 saturated heterocycles. The van der Waals surface area contributed by atoms with Crippen LogP contribution >= 0.6 is 0 Å². The molecule has 0 saturated carbocycles. The molecule has 0 radical (unpaired) electrons. The second-order valence-corrected chi connectivity index (χ2v) is 2.97. The molecule has 0 aliphatic carbocycles. The van der Waals surface area contributed by atoms with E-state index in [0.29, 0.717) is 17.9 Å². The van der Waals surface area contributed by atoms with Gasteiger partial charge in [-0.05, 0) is 12.1 Å². The lowest BCUT2D eigenvalue weighted by atomic mass is 10.2. The molecule has 1 aromatic heterocycles. The highest BCUT2D eigenvalue weighted by Crippen LogP contribution is 2.04. The maximum absolute atomic E-state index is 11.4. The lowest BCUT2D eigenvalue weighted by Gasteiger charge is -2.04. The van der Waals surface area contributed by atoms with Crippen molar-refractivity contribution in [1.82, 2.24) is 10.3 Å². The van der Waals surface area contributed by atoms with E-state index in [2.05, 4.69) is 21.5 Å². The molecular formula is C11H13N3O2. The maximum atomic E-state index is 11.4. The standard InChI is InChI=1S/C11H13N3O2/c1-2-5-13-11(16)9-3-4-10(14-8-9)12-6-7-15/h1,3-4,8,15H,5-7H2,(H,12,14)(H,13,16). The predicted octanol–water partition coefficient (Wildman–Crippen LogP) is -0.151. The molecule has 0 fully saturated rings. The Morgan fingerprint density at radius 1 is 1.56 bits per heavy atom. The molecule has 84 valence electrons. The molecule has 0 spiro atoms. The molecule has 0 atom stereocenters. The predicted molar refractivity (Wildman–Crippen MR) is 61.0 cm³/mol. The Labute approximate surface area is 93.9 Å². The average Bonchev–Trinajstić information content (AvgIpc) is 2.34. The van der Waals surface area contributed by atoms with Gasteiger partial charge in [-0.2, -0.15) is 0 Å². The number of terminal acetylenes is 1. The Balaban J connectivity index is 2.57. The zero-order valence-corrected chi connectivity index (χ0v) is 8.73. The molecule has 1 rings (SSSR count). The quantitative estimate of drug-likeness (QED) is 0.602. The minimum Gasteiger partial charge on any atom is -0.395 e. The van der Waals surface area contributed by atoms with Gasteiger partial charge in [-0.1, -0.05) is 5.92 Å². The van der Waals surface area contributed by atoms with Gasteiger partial charge in [-0.15, -0.1) is 6.42 Å². The fraction of sp³-hybridized carbons (Fsp3) is 0.273. The van der Waals surface area contributed by atoms with Crippen LogP contribution in [0, 0.1) is 12.3 Å². The molecule has 0 aliphatic rings. The number of amides is 1. The minimum absolute atomic E-state index is 0.0338. The molecule has 1 heterocycles. The number of pyridine rings is 1. The topological polar surface area (TPSA) is 74.2 Å². The third-order valence-corrected chi connectivity index (χ3v) is 1.79. The number of rotatable bonds is 5. The van der Waals surface area contributed by atoms with Crippen LogP contribution in [0.4, 0.5) is 5.82 Å². The van der Waals surface area contributed by atoms with Gasteiger partial charge in [-0.3, -0.25) is 4.79 Å².